The molecule has 0 bridgehead atoms. The normalized spacial score (nSPS) is 16.1. The Morgan fingerprint density at radius 3 is 2.43 bits per heavy atom. The molecular formula is C18H26N2O3. The average molecular weight is 318 g/mol. The minimum Gasteiger partial charge on any atom is -0.495 e. The molecule has 0 aliphatic carbocycles. The lowest BCUT2D eigenvalue weighted by Gasteiger charge is -2.35. The first-order valence-electron chi connectivity index (χ1n) is 8.10. The van der Waals surface area contributed by atoms with E-state index in [0.29, 0.717) is 17.4 Å². The number of likely N-dealkylation sites (tertiary alicyclic amines) is 1. The van der Waals surface area contributed by atoms with Gasteiger partial charge in [0.25, 0.3) is 0 Å². The van der Waals surface area contributed by atoms with Crippen molar-refractivity contribution in [3.8, 4) is 5.75 Å². The Balaban J connectivity index is 2.08. The molecule has 1 saturated heterocycles. The predicted molar refractivity (Wildman–Crippen MR) is 90.4 cm³/mol. The second-order valence-electron chi connectivity index (χ2n) is 6.75. The number of nitrogens with one attached hydrogen (secondary N) is 1. The van der Waals surface area contributed by atoms with Gasteiger partial charge in [0.15, 0.2) is 0 Å². The summed E-state index contributed by atoms with van der Waals surface area (Å²) < 4.78 is 5.24. The summed E-state index contributed by atoms with van der Waals surface area (Å²) in [7, 11) is 1.55. The fourth-order valence-electron chi connectivity index (χ4n) is 2.73. The second kappa shape index (κ2) is 7.02. The Bertz CT molecular complexity index is 575. The molecule has 23 heavy (non-hydrogen) atoms. The Kier molecular flexibility index (Phi) is 5.29. The van der Waals surface area contributed by atoms with Gasteiger partial charge < -0.3 is 15.0 Å². The number of rotatable bonds is 4. The lowest BCUT2D eigenvalue weighted by molar-refractivity contribution is -0.147. The number of amides is 2. The minimum absolute atomic E-state index is 0.114. The first-order chi connectivity index (χ1) is 10.9. The summed E-state index contributed by atoms with van der Waals surface area (Å²) in [6.07, 6.45) is 1.99. The van der Waals surface area contributed by atoms with Gasteiger partial charge in [0.05, 0.1) is 12.8 Å². The van der Waals surface area contributed by atoms with E-state index < -0.39 is 5.41 Å². The monoisotopic (exact) mass is 318 g/mol. The zero-order chi connectivity index (χ0) is 17.0. The molecule has 1 fully saturated rings. The zero-order valence-corrected chi connectivity index (χ0v) is 14.4. The Labute approximate surface area is 138 Å². The van der Waals surface area contributed by atoms with Crippen LogP contribution in [0.4, 0.5) is 5.69 Å². The molecule has 0 radical (unpaired) electrons. The van der Waals surface area contributed by atoms with E-state index in [0.717, 1.165) is 25.9 Å². The topological polar surface area (TPSA) is 58.6 Å². The Morgan fingerprint density at radius 2 is 1.83 bits per heavy atom. The zero-order valence-electron chi connectivity index (χ0n) is 14.4. The molecule has 2 rings (SSSR count). The van der Waals surface area contributed by atoms with Crippen molar-refractivity contribution in [2.45, 2.75) is 33.6 Å². The molecule has 1 aliphatic heterocycles. The van der Waals surface area contributed by atoms with Crippen molar-refractivity contribution in [2.24, 2.45) is 11.3 Å². The van der Waals surface area contributed by atoms with Gasteiger partial charge in [-0.1, -0.05) is 19.1 Å². The van der Waals surface area contributed by atoms with Crippen LogP contribution in [0.2, 0.25) is 0 Å². The maximum atomic E-state index is 12.7. The van der Waals surface area contributed by atoms with Crippen molar-refractivity contribution in [2.75, 3.05) is 25.5 Å². The van der Waals surface area contributed by atoms with Gasteiger partial charge in [-0.15, -0.1) is 0 Å². The Hall–Kier alpha value is -2.04. The third kappa shape index (κ3) is 3.84. The number of piperidine rings is 1. The SMILES string of the molecule is COc1ccccc1NC(=O)C(C)(C)C(=O)N1CCC(C)CC1. The highest BCUT2D eigenvalue weighted by Gasteiger charge is 2.40. The van der Waals surface area contributed by atoms with E-state index in [1.807, 2.05) is 17.0 Å². The highest BCUT2D eigenvalue weighted by atomic mass is 16.5. The number of benzene rings is 1. The summed E-state index contributed by atoms with van der Waals surface area (Å²) in [4.78, 5) is 27.2. The van der Waals surface area contributed by atoms with Crippen LogP contribution >= 0.6 is 0 Å². The van der Waals surface area contributed by atoms with Gasteiger partial charge in [-0.25, -0.2) is 0 Å². The first-order valence-corrected chi connectivity index (χ1v) is 8.10. The fourth-order valence-corrected chi connectivity index (χ4v) is 2.73. The van der Waals surface area contributed by atoms with Crippen molar-refractivity contribution in [1.29, 1.82) is 0 Å². The summed E-state index contributed by atoms with van der Waals surface area (Å²) in [5.41, 5.74) is -0.533. The van der Waals surface area contributed by atoms with E-state index >= 15 is 0 Å². The van der Waals surface area contributed by atoms with E-state index in [1.54, 1.807) is 33.1 Å². The van der Waals surface area contributed by atoms with Gasteiger partial charge in [0, 0.05) is 13.1 Å². The fraction of sp³-hybridized carbons (Fsp3) is 0.556. The van der Waals surface area contributed by atoms with Crippen LogP contribution in [0.5, 0.6) is 5.75 Å². The average Bonchev–Trinajstić information content (AvgIpc) is 2.55. The van der Waals surface area contributed by atoms with Crippen molar-refractivity contribution < 1.29 is 14.3 Å². The standard InChI is InChI=1S/C18H26N2O3/c1-13-9-11-20(12-10-13)17(22)18(2,3)16(21)19-14-7-5-6-8-15(14)23-4/h5-8,13H,9-12H2,1-4H3,(H,19,21). The molecule has 0 saturated carbocycles. The van der Waals surface area contributed by atoms with Crippen molar-refractivity contribution in [1.82, 2.24) is 4.90 Å². The van der Waals surface area contributed by atoms with Gasteiger partial charge in [0.2, 0.25) is 11.8 Å². The number of ether oxygens (including phenoxy) is 1. The van der Waals surface area contributed by atoms with Crippen LogP contribution < -0.4 is 10.1 Å². The molecule has 0 unspecified atom stereocenters. The summed E-state index contributed by atoms with van der Waals surface area (Å²) in [6, 6.07) is 7.19. The molecule has 1 heterocycles. The molecule has 0 spiro atoms. The van der Waals surface area contributed by atoms with Crippen LogP contribution in [0.15, 0.2) is 24.3 Å². The highest BCUT2D eigenvalue weighted by Crippen LogP contribution is 2.28. The highest BCUT2D eigenvalue weighted by molar-refractivity contribution is 6.10. The second-order valence-corrected chi connectivity index (χ2v) is 6.75. The molecule has 1 N–H and O–H groups in total. The van der Waals surface area contributed by atoms with E-state index in [4.69, 9.17) is 4.74 Å². The van der Waals surface area contributed by atoms with Crippen LogP contribution in [0.3, 0.4) is 0 Å². The van der Waals surface area contributed by atoms with Crippen LogP contribution in [0.25, 0.3) is 0 Å². The predicted octanol–water partition coefficient (Wildman–Crippen LogP) is 2.92. The maximum absolute atomic E-state index is 12.7. The van der Waals surface area contributed by atoms with E-state index in [9.17, 15) is 9.59 Å². The van der Waals surface area contributed by atoms with Crippen LogP contribution in [0, 0.1) is 11.3 Å². The largest absolute Gasteiger partial charge is 0.495 e. The van der Waals surface area contributed by atoms with Gasteiger partial charge in [-0.05, 0) is 44.7 Å². The summed E-state index contributed by atoms with van der Waals surface area (Å²) >= 11 is 0. The van der Waals surface area contributed by atoms with E-state index in [-0.39, 0.29) is 11.8 Å². The summed E-state index contributed by atoms with van der Waals surface area (Å²) in [6.45, 7) is 7.01. The van der Waals surface area contributed by atoms with Gasteiger partial charge in [0.1, 0.15) is 11.2 Å². The number of para-hydroxylation sites is 2. The maximum Gasteiger partial charge on any atom is 0.239 e. The van der Waals surface area contributed by atoms with Crippen molar-refractivity contribution >= 4 is 17.5 Å². The molecule has 1 aliphatic rings. The molecule has 1 aromatic carbocycles. The molecule has 0 aromatic heterocycles. The summed E-state index contributed by atoms with van der Waals surface area (Å²) in [5, 5.41) is 2.82. The first kappa shape index (κ1) is 17.3. The summed E-state index contributed by atoms with van der Waals surface area (Å²) in [5.74, 6) is 0.794. The van der Waals surface area contributed by atoms with E-state index in [2.05, 4.69) is 12.2 Å². The third-order valence-electron chi connectivity index (χ3n) is 4.53. The lowest BCUT2D eigenvalue weighted by Crippen LogP contribution is -2.49. The number of nitrogens with zero attached hydrogens (tertiary/aromatic N) is 1. The molecule has 0 atom stereocenters. The van der Waals surface area contributed by atoms with Crippen molar-refractivity contribution in [3.63, 3.8) is 0 Å². The number of anilines is 1. The molecule has 1 aromatic rings. The van der Waals surface area contributed by atoms with Gasteiger partial charge in [-0.2, -0.15) is 0 Å². The number of carbonyl (C=O) groups is 2. The Morgan fingerprint density at radius 1 is 1.22 bits per heavy atom. The number of methoxy groups -OCH3 is 1. The van der Waals surface area contributed by atoms with Crippen LogP contribution in [-0.4, -0.2) is 36.9 Å². The minimum atomic E-state index is -1.11. The molecule has 5 nitrogen and oxygen atoms in total. The molecule has 126 valence electrons. The smallest absolute Gasteiger partial charge is 0.239 e. The van der Waals surface area contributed by atoms with Gasteiger partial charge >= 0.3 is 0 Å². The van der Waals surface area contributed by atoms with Crippen molar-refractivity contribution in [3.05, 3.63) is 24.3 Å². The van der Waals surface area contributed by atoms with E-state index in [1.165, 1.54) is 0 Å². The lowest BCUT2D eigenvalue weighted by atomic mass is 9.88. The van der Waals surface area contributed by atoms with Crippen LogP contribution in [-0.2, 0) is 9.59 Å². The van der Waals surface area contributed by atoms with Gasteiger partial charge in [-0.3, -0.25) is 9.59 Å². The number of hydrogen-bond donors (Lipinski definition) is 1. The quantitative estimate of drug-likeness (QED) is 0.868. The number of carbonyl (C=O) groups excluding carboxylic acids is 2. The molecule has 2 amide bonds. The third-order valence-corrected chi connectivity index (χ3v) is 4.53. The number of hydrogen-bond acceptors (Lipinski definition) is 3. The van der Waals surface area contributed by atoms with Crippen LogP contribution in [0.1, 0.15) is 33.6 Å². The molecular weight excluding hydrogens is 292 g/mol. The molecule has 5 heteroatoms.